The minimum absolute atomic E-state index is 0.0815. The van der Waals surface area contributed by atoms with Gasteiger partial charge in [0, 0.05) is 30.8 Å². The number of rotatable bonds is 4. The quantitative estimate of drug-likeness (QED) is 0.779. The summed E-state index contributed by atoms with van der Waals surface area (Å²) in [5, 5.41) is 0. The van der Waals surface area contributed by atoms with Gasteiger partial charge in [-0.1, -0.05) is 12.8 Å². The summed E-state index contributed by atoms with van der Waals surface area (Å²) in [6.45, 7) is 2.37. The molecule has 6 heteroatoms. The van der Waals surface area contributed by atoms with E-state index in [0.29, 0.717) is 12.1 Å². The number of hydrogen-bond donors (Lipinski definition) is 1. The Bertz CT molecular complexity index is 1000. The molecular formula is C20H23N3O3. The van der Waals surface area contributed by atoms with Crippen molar-refractivity contribution in [3.05, 3.63) is 57.9 Å². The molecule has 1 aliphatic rings. The van der Waals surface area contributed by atoms with Crippen molar-refractivity contribution < 1.29 is 9.21 Å². The highest BCUT2D eigenvalue weighted by Gasteiger charge is 2.22. The van der Waals surface area contributed by atoms with Gasteiger partial charge in [0.05, 0.1) is 17.3 Å². The second-order valence-electron chi connectivity index (χ2n) is 7.13. The number of nitrogens with one attached hydrogen (secondary N) is 1. The van der Waals surface area contributed by atoms with Gasteiger partial charge in [-0.25, -0.2) is 4.79 Å². The molecule has 2 aromatic heterocycles. The van der Waals surface area contributed by atoms with Gasteiger partial charge in [-0.05, 0) is 44.0 Å². The Kier molecular flexibility index (Phi) is 4.18. The van der Waals surface area contributed by atoms with Crippen molar-refractivity contribution >= 4 is 16.9 Å². The molecule has 0 radical (unpaired) electrons. The average molecular weight is 353 g/mol. The molecule has 0 atom stereocenters. The van der Waals surface area contributed by atoms with Crippen LogP contribution in [0.2, 0.25) is 0 Å². The zero-order chi connectivity index (χ0) is 18.3. The number of furan rings is 1. The van der Waals surface area contributed by atoms with E-state index in [9.17, 15) is 9.59 Å². The van der Waals surface area contributed by atoms with Crippen molar-refractivity contribution in [2.45, 2.75) is 45.2 Å². The minimum atomic E-state index is -0.0844. The molecule has 0 aliphatic heterocycles. The fourth-order valence-corrected chi connectivity index (χ4v) is 3.91. The van der Waals surface area contributed by atoms with Crippen LogP contribution in [0, 0.1) is 6.92 Å². The molecule has 1 aliphatic carbocycles. The number of H-pyrrole nitrogens is 1. The highest BCUT2D eigenvalue weighted by molar-refractivity contribution is 5.97. The van der Waals surface area contributed by atoms with Gasteiger partial charge < -0.3 is 14.3 Å². The first-order chi connectivity index (χ1) is 12.5. The first kappa shape index (κ1) is 16.7. The molecule has 136 valence electrons. The zero-order valence-electron chi connectivity index (χ0n) is 15.1. The van der Waals surface area contributed by atoms with E-state index in [-0.39, 0.29) is 17.6 Å². The van der Waals surface area contributed by atoms with E-state index in [1.165, 1.54) is 12.8 Å². The number of fused-ring (bicyclic) bond motifs is 1. The van der Waals surface area contributed by atoms with E-state index >= 15 is 0 Å². The molecular weight excluding hydrogens is 330 g/mol. The van der Waals surface area contributed by atoms with E-state index in [4.69, 9.17) is 4.42 Å². The lowest BCUT2D eigenvalue weighted by molar-refractivity contribution is 0.0785. The summed E-state index contributed by atoms with van der Waals surface area (Å²) >= 11 is 0. The third-order valence-corrected chi connectivity index (χ3v) is 5.37. The number of aromatic nitrogens is 2. The Hall–Kier alpha value is -2.76. The van der Waals surface area contributed by atoms with Crippen molar-refractivity contribution in [1.29, 1.82) is 0 Å². The largest absolute Gasteiger partial charge is 0.469 e. The van der Waals surface area contributed by atoms with E-state index < -0.39 is 0 Å². The molecule has 0 spiro atoms. The Labute approximate surface area is 151 Å². The molecule has 1 aromatic carbocycles. The molecule has 6 nitrogen and oxygen atoms in total. The Balaban J connectivity index is 1.62. The van der Waals surface area contributed by atoms with Gasteiger partial charge in [0.1, 0.15) is 5.76 Å². The van der Waals surface area contributed by atoms with E-state index in [1.807, 2.05) is 29.7 Å². The number of benzene rings is 1. The molecule has 3 aromatic rings. The fraction of sp³-hybridized carbons (Fsp3) is 0.400. The normalized spacial score (nSPS) is 15.0. The van der Waals surface area contributed by atoms with Gasteiger partial charge in [0.25, 0.3) is 5.91 Å². The van der Waals surface area contributed by atoms with E-state index in [1.54, 1.807) is 24.3 Å². The summed E-state index contributed by atoms with van der Waals surface area (Å²) in [7, 11) is 1.77. The van der Waals surface area contributed by atoms with Crippen LogP contribution in [0.1, 0.15) is 53.4 Å². The first-order valence-electron chi connectivity index (χ1n) is 9.07. The van der Waals surface area contributed by atoms with Gasteiger partial charge >= 0.3 is 5.69 Å². The van der Waals surface area contributed by atoms with E-state index in [2.05, 4.69) is 4.98 Å². The Morgan fingerprint density at radius 1 is 1.31 bits per heavy atom. The first-order valence-corrected chi connectivity index (χ1v) is 9.07. The lowest BCUT2D eigenvalue weighted by atomic mass is 10.1. The second kappa shape index (κ2) is 6.52. The topological polar surface area (TPSA) is 71.2 Å². The number of nitrogens with zero attached hydrogens (tertiary/aromatic N) is 2. The smallest absolute Gasteiger partial charge is 0.326 e. The molecule has 26 heavy (non-hydrogen) atoms. The third kappa shape index (κ3) is 2.85. The van der Waals surface area contributed by atoms with Crippen molar-refractivity contribution in [2.24, 2.45) is 0 Å². The molecule has 0 saturated heterocycles. The SMILES string of the molecule is Cc1occc1CN(C)C(=O)c1ccc2c(c1)[nH]c(=O)n2C1CCCC1. The van der Waals surface area contributed by atoms with Crippen LogP contribution in [0.5, 0.6) is 0 Å². The number of carbonyl (C=O) groups excluding carboxylic acids is 1. The summed E-state index contributed by atoms with van der Waals surface area (Å²) in [6.07, 6.45) is 6.04. The number of carbonyl (C=O) groups is 1. The molecule has 0 unspecified atom stereocenters. The molecule has 0 bridgehead atoms. The number of imidazole rings is 1. The molecule has 2 heterocycles. The van der Waals surface area contributed by atoms with Gasteiger partial charge in [-0.15, -0.1) is 0 Å². The maximum absolute atomic E-state index is 12.8. The summed E-state index contributed by atoms with van der Waals surface area (Å²) in [5.41, 5.74) is 3.08. The van der Waals surface area contributed by atoms with Gasteiger partial charge in [0.15, 0.2) is 0 Å². The summed E-state index contributed by atoms with van der Waals surface area (Å²) in [5.74, 6) is 0.736. The number of aromatic amines is 1. The van der Waals surface area contributed by atoms with Crippen molar-refractivity contribution in [3.8, 4) is 0 Å². The van der Waals surface area contributed by atoms with Gasteiger partial charge in [-0.3, -0.25) is 9.36 Å². The standard InChI is InChI=1S/C20H23N3O3/c1-13-15(9-10-26-13)12-22(2)19(24)14-7-8-18-17(11-14)21-20(25)23(18)16-5-3-4-6-16/h7-11,16H,3-6,12H2,1-2H3,(H,21,25). The maximum Gasteiger partial charge on any atom is 0.326 e. The van der Waals surface area contributed by atoms with Gasteiger partial charge in [0.2, 0.25) is 0 Å². The van der Waals surface area contributed by atoms with Crippen LogP contribution in [0.4, 0.5) is 0 Å². The fourth-order valence-electron chi connectivity index (χ4n) is 3.91. The molecule has 1 amide bonds. The highest BCUT2D eigenvalue weighted by Crippen LogP contribution is 2.30. The molecule has 1 saturated carbocycles. The van der Waals surface area contributed by atoms with Gasteiger partial charge in [-0.2, -0.15) is 0 Å². The summed E-state index contributed by atoms with van der Waals surface area (Å²) in [4.78, 5) is 29.7. The molecule has 4 rings (SSSR count). The van der Waals surface area contributed by atoms with Crippen LogP contribution in [-0.4, -0.2) is 27.4 Å². The van der Waals surface area contributed by atoms with Crippen LogP contribution in [0.25, 0.3) is 11.0 Å². The number of hydrogen-bond acceptors (Lipinski definition) is 3. The van der Waals surface area contributed by atoms with Crippen LogP contribution in [0.3, 0.4) is 0 Å². The predicted octanol–water partition coefficient (Wildman–Crippen LogP) is 3.62. The van der Waals surface area contributed by atoms with Crippen LogP contribution in [-0.2, 0) is 6.54 Å². The monoisotopic (exact) mass is 353 g/mol. The lowest BCUT2D eigenvalue weighted by Gasteiger charge is -2.17. The highest BCUT2D eigenvalue weighted by atomic mass is 16.3. The van der Waals surface area contributed by atoms with Crippen LogP contribution in [0.15, 0.2) is 39.7 Å². The average Bonchev–Trinajstić information content (AvgIpc) is 3.34. The Morgan fingerprint density at radius 2 is 2.08 bits per heavy atom. The summed E-state index contributed by atoms with van der Waals surface area (Å²) in [6, 6.07) is 7.62. The van der Waals surface area contributed by atoms with Crippen LogP contribution < -0.4 is 5.69 Å². The second-order valence-corrected chi connectivity index (χ2v) is 7.13. The zero-order valence-corrected chi connectivity index (χ0v) is 15.1. The third-order valence-electron chi connectivity index (χ3n) is 5.37. The lowest BCUT2D eigenvalue weighted by Crippen LogP contribution is -2.26. The maximum atomic E-state index is 12.8. The summed E-state index contributed by atoms with van der Waals surface area (Å²) < 4.78 is 7.15. The number of amides is 1. The van der Waals surface area contributed by atoms with Crippen LogP contribution >= 0.6 is 0 Å². The number of aryl methyl sites for hydroxylation is 1. The Morgan fingerprint density at radius 3 is 2.77 bits per heavy atom. The van der Waals surface area contributed by atoms with E-state index in [0.717, 1.165) is 35.2 Å². The predicted molar refractivity (Wildman–Crippen MR) is 99.3 cm³/mol. The minimum Gasteiger partial charge on any atom is -0.469 e. The van der Waals surface area contributed by atoms with Crippen molar-refractivity contribution in [1.82, 2.24) is 14.5 Å². The molecule has 1 N–H and O–H groups in total. The van der Waals surface area contributed by atoms with Crippen molar-refractivity contribution in [3.63, 3.8) is 0 Å². The van der Waals surface area contributed by atoms with Crippen molar-refractivity contribution in [2.75, 3.05) is 7.05 Å². The molecule has 1 fully saturated rings.